The summed E-state index contributed by atoms with van der Waals surface area (Å²) in [4.78, 5) is 65.7. The van der Waals surface area contributed by atoms with Crippen LogP contribution in [-0.2, 0) is 33.4 Å². The molecule has 2 rings (SSSR count). The summed E-state index contributed by atoms with van der Waals surface area (Å²) in [6.45, 7) is 11.5. The van der Waals surface area contributed by atoms with Gasteiger partial charge in [0.15, 0.2) is 17.8 Å². The zero-order valence-electron chi connectivity index (χ0n) is 35.2. The second-order valence-electron chi connectivity index (χ2n) is 15.1. The average Bonchev–Trinajstić information content (AvgIpc) is 3.20. The first-order valence-electron chi connectivity index (χ1n) is 19.7. The van der Waals surface area contributed by atoms with Gasteiger partial charge in [-0.15, -0.1) is 0 Å². The molecule has 1 aromatic carbocycles. The Morgan fingerprint density at radius 3 is 2.28 bits per heavy atom. The van der Waals surface area contributed by atoms with Crippen LogP contribution in [0.1, 0.15) is 84.5 Å². The molecule has 58 heavy (non-hydrogen) atoms. The number of benzene rings is 1. The quantitative estimate of drug-likeness (QED) is 0.0476. The summed E-state index contributed by atoms with van der Waals surface area (Å²) >= 11 is 0. The summed E-state index contributed by atoms with van der Waals surface area (Å²) in [7, 11) is 2.79. The minimum atomic E-state index is -1.90. The van der Waals surface area contributed by atoms with Crippen LogP contribution in [0.25, 0.3) is 0 Å². The molecule has 0 aliphatic carbocycles. The number of ketones is 3. The zero-order chi connectivity index (χ0) is 43.7. The van der Waals surface area contributed by atoms with Crippen LogP contribution >= 0.6 is 0 Å². The van der Waals surface area contributed by atoms with E-state index >= 15 is 0 Å². The largest absolute Gasteiger partial charge is 0.490 e. The summed E-state index contributed by atoms with van der Waals surface area (Å²) in [6, 6.07) is 8.18. The number of methoxy groups -OCH3 is 2. The third kappa shape index (κ3) is 14.7. The summed E-state index contributed by atoms with van der Waals surface area (Å²) in [5.74, 6) is -7.06. The monoisotopic (exact) mass is 809 g/mol. The van der Waals surface area contributed by atoms with Gasteiger partial charge in [-0.1, -0.05) is 107 Å². The Kier molecular flexibility index (Phi) is 20.9. The fourth-order valence-electron chi connectivity index (χ4n) is 6.58. The molecule has 0 saturated carbocycles. The lowest BCUT2D eigenvalue weighted by Crippen LogP contribution is -2.51. The number of allylic oxidation sites excluding steroid dienone is 6. The topological polar surface area (TPSA) is 206 Å². The van der Waals surface area contributed by atoms with E-state index < -0.39 is 90.1 Å². The molecule has 9 unspecified atom stereocenters. The molecule has 1 aromatic rings. The maximum Gasteiger partial charge on any atom is 0.373 e. The number of esters is 1. The fraction of sp³-hybridized carbons (Fsp3) is 0.533. The molecule has 0 aromatic heterocycles. The van der Waals surface area contributed by atoms with E-state index in [0.29, 0.717) is 17.6 Å². The molecule has 1 amide bonds. The molecule has 1 aliphatic heterocycles. The average molecular weight is 810 g/mol. The SMILES string of the molecule is CCC(C(=O)NC(O)C(O)C(C)C(=O)C(C)C(O)CC(=O)/C(C)=C/CC1OC(=O)/C(OC)=C\C(C)=C\[C@@H](C)[C@H](O)C(C)C/C=C/C=C/C1OC)C(=O)c1ccccc1. The minimum absolute atomic E-state index is 0.0369. The minimum Gasteiger partial charge on any atom is -0.490 e. The van der Waals surface area contributed by atoms with Crippen molar-refractivity contribution in [2.75, 3.05) is 14.2 Å². The molecule has 13 heteroatoms. The van der Waals surface area contributed by atoms with E-state index in [9.17, 15) is 44.4 Å². The molecule has 320 valence electrons. The van der Waals surface area contributed by atoms with Crippen molar-refractivity contribution in [1.29, 1.82) is 0 Å². The highest BCUT2D eigenvalue weighted by molar-refractivity contribution is 6.10. The number of nitrogens with one attached hydrogen (secondary N) is 1. The number of carbonyl (C=O) groups excluding carboxylic acids is 5. The van der Waals surface area contributed by atoms with Crippen LogP contribution in [-0.4, -0.2) is 101 Å². The van der Waals surface area contributed by atoms with Crippen LogP contribution < -0.4 is 5.32 Å². The standard InChI is InChI=1S/C45H63NO12/c1-10-33(42(52)32-18-14-12-15-19-32)43(53)46-44(54)41(51)31(7)40(50)30(6)35(48)25-34(47)27(3)21-22-37-36(56-8)20-16-11-13-17-28(4)39(49)29(5)23-26(2)24-38(57-9)45(55)58-37/h11-16,18-21,23-24,28-31,33,35-37,39,41,44,48-49,51,54H,10,17,22,25H2,1-9H3,(H,46,53)/b13-11+,20-16+,26-23+,27-21+,38-24+/t28?,29-,30?,31?,33?,35?,36?,37?,39-,41?,44?/m1/s1. The maximum atomic E-state index is 13.3. The highest BCUT2D eigenvalue weighted by Crippen LogP contribution is 2.23. The van der Waals surface area contributed by atoms with Gasteiger partial charge in [-0.05, 0) is 44.3 Å². The molecule has 0 spiro atoms. The van der Waals surface area contributed by atoms with E-state index in [4.69, 9.17) is 14.2 Å². The first-order valence-corrected chi connectivity index (χ1v) is 19.7. The first kappa shape index (κ1) is 49.6. The Morgan fingerprint density at radius 2 is 1.67 bits per heavy atom. The molecule has 0 fully saturated rings. The number of cyclic esters (lactones) is 1. The van der Waals surface area contributed by atoms with E-state index in [1.54, 1.807) is 62.4 Å². The summed E-state index contributed by atoms with van der Waals surface area (Å²) in [5.41, 5.74) is 1.23. The predicted molar refractivity (Wildman–Crippen MR) is 219 cm³/mol. The molecule has 0 saturated heterocycles. The summed E-state index contributed by atoms with van der Waals surface area (Å²) in [5, 5.41) is 45.4. The second-order valence-corrected chi connectivity index (χ2v) is 15.1. The van der Waals surface area contributed by atoms with Gasteiger partial charge in [0.25, 0.3) is 0 Å². The second kappa shape index (κ2) is 24.4. The number of ether oxygens (including phenoxy) is 3. The summed E-state index contributed by atoms with van der Waals surface area (Å²) in [6.07, 6.45) is 5.05. The molecule has 11 atom stereocenters. The van der Waals surface area contributed by atoms with E-state index in [1.165, 1.54) is 41.1 Å². The van der Waals surface area contributed by atoms with Gasteiger partial charge in [-0.2, -0.15) is 0 Å². The van der Waals surface area contributed by atoms with Crippen LogP contribution in [0.15, 0.2) is 89.8 Å². The van der Waals surface area contributed by atoms with E-state index in [-0.39, 0.29) is 36.0 Å². The van der Waals surface area contributed by atoms with E-state index in [0.717, 1.165) is 0 Å². The molecule has 0 bridgehead atoms. The number of aliphatic hydroxyl groups excluding tert-OH is 4. The van der Waals surface area contributed by atoms with Gasteiger partial charge in [0, 0.05) is 43.3 Å². The Balaban J connectivity index is 2.16. The molecule has 1 heterocycles. The molecular weight excluding hydrogens is 746 g/mol. The van der Waals surface area contributed by atoms with Crippen molar-refractivity contribution in [2.24, 2.45) is 29.6 Å². The van der Waals surface area contributed by atoms with E-state index in [2.05, 4.69) is 5.32 Å². The van der Waals surface area contributed by atoms with Crippen LogP contribution in [0.3, 0.4) is 0 Å². The number of hydrogen-bond acceptors (Lipinski definition) is 12. The molecule has 1 aliphatic rings. The Morgan fingerprint density at radius 1 is 1.02 bits per heavy atom. The third-order valence-corrected chi connectivity index (χ3v) is 10.6. The lowest BCUT2D eigenvalue weighted by molar-refractivity contribution is -0.153. The lowest BCUT2D eigenvalue weighted by atomic mass is 9.85. The van der Waals surface area contributed by atoms with Gasteiger partial charge < -0.3 is 40.0 Å². The Bertz CT molecular complexity index is 1700. The predicted octanol–water partition coefficient (Wildman–Crippen LogP) is 4.74. The third-order valence-electron chi connectivity index (χ3n) is 10.6. The smallest absolute Gasteiger partial charge is 0.373 e. The number of aliphatic hydroxyl groups is 4. The number of Topliss-reactive ketones (excluding diaryl/α,β-unsaturated/α-hetero) is 3. The van der Waals surface area contributed by atoms with Crippen molar-refractivity contribution in [2.45, 2.75) is 111 Å². The Labute approximate surface area is 342 Å². The normalized spacial score (nSPS) is 27.1. The van der Waals surface area contributed by atoms with E-state index in [1.807, 2.05) is 32.1 Å². The van der Waals surface area contributed by atoms with Gasteiger partial charge in [0.1, 0.15) is 30.0 Å². The molecule has 0 radical (unpaired) electrons. The van der Waals surface area contributed by atoms with Gasteiger partial charge in [-0.25, -0.2) is 4.79 Å². The fourth-order valence-corrected chi connectivity index (χ4v) is 6.58. The highest BCUT2D eigenvalue weighted by atomic mass is 16.6. The molecule has 5 N–H and O–H groups in total. The highest BCUT2D eigenvalue weighted by Gasteiger charge is 2.36. The van der Waals surface area contributed by atoms with Crippen LogP contribution in [0, 0.1) is 29.6 Å². The van der Waals surface area contributed by atoms with Crippen LogP contribution in [0.4, 0.5) is 0 Å². The van der Waals surface area contributed by atoms with Crippen LogP contribution in [0.5, 0.6) is 0 Å². The molecule has 13 nitrogen and oxygen atoms in total. The van der Waals surface area contributed by atoms with Crippen molar-refractivity contribution in [3.05, 3.63) is 95.3 Å². The number of rotatable bonds is 17. The zero-order valence-corrected chi connectivity index (χ0v) is 35.2. The summed E-state index contributed by atoms with van der Waals surface area (Å²) < 4.78 is 16.9. The van der Waals surface area contributed by atoms with Gasteiger partial charge in [-0.3, -0.25) is 19.2 Å². The van der Waals surface area contributed by atoms with Crippen molar-refractivity contribution >= 4 is 29.2 Å². The maximum absolute atomic E-state index is 13.3. The van der Waals surface area contributed by atoms with Gasteiger partial charge >= 0.3 is 5.97 Å². The van der Waals surface area contributed by atoms with Gasteiger partial charge in [0.05, 0.1) is 19.3 Å². The Hall–Kier alpha value is -4.53. The van der Waals surface area contributed by atoms with Gasteiger partial charge in [0.2, 0.25) is 11.7 Å². The lowest BCUT2D eigenvalue weighted by Gasteiger charge is -2.28. The van der Waals surface area contributed by atoms with Crippen molar-refractivity contribution < 1.29 is 58.6 Å². The first-order chi connectivity index (χ1) is 27.4. The number of amides is 1. The van der Waals surface area contributed by atoms with Crippen molar-refractivity contribution in [1.82, 2.24) is 5.32 Å². The number of carbonyl (C=O) groups is 5. The number of hydrogen-bond donors (Lipinski definition) is 5. The van der Waals surface area contributed by atoms with Crippen LogP contribution in [0.2, 0.25) is 0 Å². The van der Waals surface area contributed by atoms with Crippen molar-refractivity contribution in [3.8, 4) is 0 Å². The van der Waals surface area contributed by atoms with Crippen molar-refractivity contribution in [3.63, 3.8) is 0 Å². The molecular formula is C45H63NO12.